The van der Waals surface area contributed by atoms with Crippen molar-refractivity contribution in [2.45, 2.75) is 20.3 Å². The van der Waals surface area contributed by atoms with Gasteiger partial charge in [-0.25, -0.2) is 0 Å². The Hall–Kier alpha value is -2.34. The molecule has 3 N–H and O–H groups in total. The van der Waals surface area contributed by atoms with E-state index in [1.54, 1.807) is 12.1 Å². The van der Waals surface area contributed by atoms with Crippen molar-refractivity contribution in [3.8, 4) is 0 Å². The van der Waals surface area contributed by atoms with Crippen molar-refractivity contribution in [3.63, 3.8) is 0 Å². The topological polar surface area (TPSA) is 95.5 Å². The highest BCUT2D eigenvalue weighted by atomic mass is 35.5. The third kappa shape index (κ3) is 4.00. The number of carboxylic acids is 1. The van der Waals surface area contributed by atoms with Crippen LogP contribution in [0.1, 0.15) is 30.6 Å². The van der Waals surface area contributed by atoms with Gasteiger partial charge in [-0.05, 0) is 42.4 Å². The summed E-state index contributed by atoms with van der Waals surface area (Å²) in [4.78, 5) is 36.4. The molecular weight excluding hydrogens is 368 g/mol. The summed E-state index contributed by atoms with van der Waals surface area (Å²) in [5, 5.41) is 15.3. The van der Waals surface area contributed by atoms with Gasteiger partial charge in [-0.1, -0.05) is 37.6 Å². The molecule has 0 spiro atoms. The van der Waals surface area contributed by atoms with Crippen LogP contribution in [0.15, 0.2) is 30.4 Å². The number of benzene rings is 1. The van der Waals surface area contributed by atoms with Gasteiger partial charge in [0, 0.05) is 12.2 Å². The zero-order valence-corrected chi connectivity index (χ0v) is 16.0. The molecule has 0 saturated heterocycles. The fraction of sp³-hybridized carbons (Fsp3) is 0.450. The number of hydrogen-bond donors (Lipinski definition) is 3. The minimum Gasteiger partial charge on any atom is -0.481 e. The van der Waals surface area contributed by atoms with Crippen molar-refractivity contribution in [3.05, 3.63) is 40.9 Å². The minimum absolute atomic E-state index is 0.0485. The molecular formula is C20H23ClN2O4. The van der Waals surface area contributed by atoms with Crippen LogP contribution in [0.5, 0.6) is 0 Å². The van der Waals surface area contributed by atoms with E-state index in [1.165, 1.54) is 6.07 Å². The van der Waals surface area contributed by atoms with E-state index >= 15 is 0 Å². The molecule has 6 nitrogen and oxygen atoms in total. The SMILES string of the molecule is CC(C)CNC(=O)c1ccc(NC(=O)[C@H]2[C@@H](C(=O)O)[C@H]3C=C[C@H]2C3)cc1Cl. The molecule has 3 rings (SSSR count). The van der Waals surface area contributed by atoms with E-state index < -0.39 is 17.8 Å². The first kappa shape index (κ1) is 19.4. The zero-order valence-electron chi connectivity index (χ0n) is 15.2. The number of allylic oxidation sites excluding steroid dienone is 2. The number of nitrogens with one attached hydrogen (secondary N) is 2. The van der Waals surface area contributed by atoms with Gasteiger partial charge in [0.25, 0.3) is 5.91 Å². The number of anilines is 1. The van der Waals surface area contributed by atoms with Crippen LogP contribution in [0.4, 0.5) is 5.69 Å². The average Bonchev–Trinajstić information content (AvgIpc) is 3.20. The van der Waals surface area contributed by atoms with Gasteiger partial charge in [0.15, 0.2) is 0 Å². The monoisotopic (exact) mass is 390 g/mol. The number of rotatable bonds is 6. The first-order valence-electron chi connectivity index (χ1n) is 9.07. The molecule has 1 fully saturated rings. The van der Waals surface area contributed by atoms with Gasteiger partial charge in [-0.15, -0.1) is 0 Å². The molecule has 0 unspecified atom stereocenters. The normalized spacial score (nSPS) is 25.6. The smallest absolute Gasteiger partial charge is 0.307 e. The number of fused-ring (bicyclic) bond motifs is 2. The number of carboxylic acid groups (broad SMARTS) is 1. The molecule has 4 atom stereocenters. The van der Waals surface area contributed by atoms with Crippen LogP contribution in [0, 0.1) is 29.6 Å². The number of aliphatic carboxylic acids is 1. The lowest BCUT2D eigenvalue weighted by Crippen LogP contribution is -2.36. The van der Waals surface area contributed by atoms with Crippen molar-refractivity contribution in [1.82, 2.24) is 5.32 Å². The average molecular weight is 391 g/mol. The molecule has 0 aromatic heterocycles. The quantitative estimate of drug-likeness (QED) is 0.650. The van der Waals surface area contributed by atoms with Gasteiger partial charge in [-0.2, -0.15) is 0 Å². The Balaban J connectivity index is 1.70. The molecule has 0 radical (unpaired) electrons. The van der Waals surface area contributed by atoms with Crippen molar-refractivity contribution >= 4 is 35.1 Å². The largest absolute Gasteiger partial charge is 0.481 e. The van der Waals surface area contributed by atoms with Crippen LogP contribution in [0.2, 0.25) is 5.02 Å². The second-order valence-corrected chi connectivity index (χ2v) is 8.03. The standard InChI is InChI=1S/C20H23ClN2O4/c1-10(2)9-22-18(24)14-6-5-13(8-15(14)21)23-19(25)16-11-3-4-12(7-11)17(16)20(26)27/h3-6,8,10-12,16-17H,7,9H2,1-2H3,(H,22,24)(H,23,25)(H,26,27)/t11-,12-,16+,17-/m0/s1. The van der Waals surface area contributed by atoms with Crippen LogP contribution >= 0.6 is 11.6 Å². The lowest BCUT2D eigenvalue weighted by molar-refractivity contribution is -0.146. The van der Waals surface area contributed by atoms with E-state index in [1.807, 2.05) is 26.0 Å². The van der Waals surface area contributed by atoms with Crippen LogP contribution < -0.4 is 10.6 Å². The summed E-state index contributed by atoms with van der Waals surface area (Å²) in [7, 11) is 0. The molecule has 0 aliphatic heterocycles. The Morgan fingerprint density at radius 2 is 1.85 bits per heavy atom. The lowest BCUT2D eigenvalue weighted by Gasteiger charge is -2.24. The van der Waals surface area contributed by atoms with Gasteiger partial charge in [0.1, 0.15) is 0 Å². The van der Waals surface area contributed by atoms with E-state index in [4.69, 9.17) is 11.6 Å². The number of hydrogen-bond acceptors (Lipinski definition) is 3. The minimum atomic E-state index is -0.942. The zero-order chi connectivity index (χ0) is 19.7. The maximum atomic E-state index is 12.7. The molecule has 144 valence electrons. The summed E-state index contributed by atoms with van der Waals surface area (Å²) in [6.07, 6.45) is 4.53. The summed E-state index contributed by atoms with van der Waals surface area (Å²) in [5.41, 5.74) is 0.780. The molecule has 0 heterocycles. The van der Waals surface area contributed by atoms with Crippen molar-refractivity contribution in [2.75, 3.05) is 11.9 Å². The molecule has 2 amide bonds. The molecule has 1 aromatic carbocycles. The third-order valence-corrected chi connectivity index (χ3v) is 5.51. The molecule has 2 aliphatic rings. The number of carbonyl (C=O) groups excluding carboxylic acids is 2. The fourth-order valence-electron chi connectivity index (χ4n) is 3.91. The van der Waals surface area contributed by atoms with Gasteiger partial charge in [0.05, 0.1) is 22.4 Å². The number of halogens is 1. The van der Waals surface area contributed by atoms with Crippen molar-refractivity contribution in [1.29, 1.82) is 0 Å². The predicted molar refractivity (Wildman–Crippen MR) is 103 cm³/mol. The van der Waals surface area contributed by atoms with Gasteiger partial charge in [-0.3, -0.25) is 14.4 Å². The third-order valence-electron chi connectivity index (χ3n) is 5.20. The Morgan fingerprint density at radius 3 is 2.44 bits per heavy atom. The highest BCUT2D eigenvalue weighted by molar-refractivity contribution is 6.34. The summed E-state index contributed by atoms with van der Waals surface area (Å²) < 4.78 is 0. The first-order chi connectivity index (χ1) is 12.8. The summed E-state index contributed by atoms with van der Waals surface area (Å²) in [6, 6.07) is 4.68. The molecule has 2 aliphatic carbocycles. The predicted octanol–water partition coefficient (Wildman–Crippen LogP) is 3.19. The van der Waals surface area contributed by atoms with Crippen molar-refractivity contribution in [2.24, 2.45) is 29.6 Å². The van der Waals surface area contributed by atoms with E-state index in [-0.39, 0.29) is 28.7 Å². The summed E-state index contributed by atoms with van der Waals surface area (Å²) in [5.74, 6) is -2.64. The van der Waals surface area contributed by atoms with Gasteiger partial charge >= 0.3 is 5.97 Å². The second kappa shape index (κ2) is 7.72. The Morgan fingerprint density at radius 1 is 1.19 bits per heavy atom. The Labute approximate surface area is 163 Å². The number of amides is 2. The second-order valence-electron chi connectivity index (χ2n) is 7.63. The molecule has 7 heteroatoms. The fourth-order valence-corrected chi connectivity index (χ4v) is 4.18. The van der Waals surface area contributed by atoms with Gasteiger partial charge < -0.3 is 15.7 Å². The van der Waals surface area contributed by atoms with E-state index in [0.29, 0.717) is 30.1 Å². The van der Waals surface area contributed by atoms with E-state index in [2.05, 4.69) is 10.6 Å². The van der Waals surface area contributed by atoms with Crippen LogP contribution in [-0.4, -0.2) is 29.4 Å². The summed E-state index contributed by atoms with van der Waals surface area (Å²) in [6.45, 7) is 4.54. The van der Waals surface area contributed by atoms with Crippen molar-refractivity contribution < 1.29 is 19.5 Å². The van der Waals surface area contributed by atoms with Crippen LogP contribution in [0.3, 0.4) is 0 Å². The Bertz CT molecular complexity index is 805. The molecule has 2 bridgehead atoms. The highest BCUT2D eigenvalue weighted by Gasteiger charge is 2.51. The van der Waals surface area contributed by atoms with Crippen LogP contribution in [-0.2, 0) is 9.59 Å². The molecule has 1 aromatic rings. The lowest BCUT2D eigenvalue weighted by atomic mass is 9.82. The number of carbonyl (C=O) groups is 3. The van der Waals surface area contributed by atoms with Gasteiger partial charge in [0.2, 0.25) is 5.91 Å². The highest BCUT2D eigenvalue weighted by Crippen LogP contribution is 2.48. The molecule has 27 heavy (non-hydrogen) atoms. The maximum absolute atomic E-state index is 12.7. The maximum Gasteiger partial charge on any atom is 0.307 e. The Kier molecular flexibility index (Phi) is 5.56. The van der Waals surface area contributed by atoms with Crippen LogP contribution in [0.25, 0.3) is 0 Å². The summed E-state index contributed by atoms with van der Waals surface area (Å²) >= 11 is 6.21. The molecule has 1 saturated carbocycles. The van der Waals surface area contributed by atoms with E-state index in [0.717, 1.165) is 0 Å². The van der Waals surface area contributed by atoms with E-state index in [9.17, 15) is 19.5 Å². The first-order valence-corrected chi connectivity index (χ1v) is 9.45.